The topological polar surface area (TPSA) is 87.0 Å². The van der Waals surface area contributed by atoms with Gasteiger partial charge in [-0.25, -0.2) is 4.79 Å². The molecule has 0 amide bonds. The largest absolute Gasteiger partial charge is 0.478 e. The summed E-state index contributed by atoms with van der Waals surface area (Å²) in [5.41, 5.74) is 0.898. The van der Waals surface area contributed by atoms with E-state index in [1.807, 2.05) is 30.3 Å². The number of aliphatic hydroxyl groups excluding tert-OH is 1. The lowest BCUT2D eigenvalue weighted by Crippen LogP contribution is -2.23. The summed E-state index contributed by atoms with van der Waals surface area (Å²) in [5, 5.41) is 26.0. The number of hydrogen-bond donors (Lipinski definition) is 3. The van der Waals surface area contributed by atoms with Crippen molar-refractivity contribution in [3.05, 3.63) is 42.0 Å². The van der Waals surface area contributed by atoms with Gasteiger partial charge in [-0.3, -0.25) is 0 Å². The number of hydrogen-bond acceptors (Lipinski definition) is 4. The third-order valence-corrected chi connectivity index (χ3v) is 2.46. The Labute approximate surface area is 111 Å². The average molecular weight is 266 g/mol. The van der Waals surface area contributed by atoms with Gasteiger partial charge < -0.3 is 20.1 Å². The molecule has 5 heteroatoms. The van der Waals surface area contributed by atoms with Crippen molar-refractivity contribution in [1.29, 1.82) is 0 Å². The van der Waals surface area contributed by atoms with E-state index in [1.165, 1.54) is 0 Å². The van der Waals surface area contributed by atoms with E-state index in [2.05, 4.69) is 4.74 Å². The molecule has 0 bridgehead atoms. The fourth-order valence-corrected chi connectivity index (χ4v) is 1.53. The Morgan fingerprint density at radius 2 is 2.05 bits per heavy atom. The molecule has 1 heterocycles. The fourth-order valence-electron chi connectivity index (χ4n) is 1.53. The molecule has 104 valence electrons. The molecule has 1 aromatic carbocycles. The molecule has 0 aliphatic carbocycles. The standard InChI is InChI=1S/C9H8O2.C5H10O3/c10-9(11)7-6-8-4-2-1-3-5-8;1-5(7)3-2-4(6)8-5/h1-7H,(H,10,11);4,6-7H,2-3H2,1H3. The summed E-state index contributed by atoms with van der Waals surface area (Å²) in [7, 11) is 0. The van der Waals surface area contributed by atoms with Gasteiger partial charge in [0.2, 0.25) is 0 Å². The van der Waals surface area contributed by atoms with Gasteiger partial charge in [-0.15, -0.1) is 0 Å². The van der Waals surface area contributed by atoms with Crippen LogP contribution in [0.2, 0.25) is 0 Å². The molecule has 2 unspecified atom stereocenters. The zero-order chi connectivity index (χ0) is 14.3. The van der Waals surface area contributed by atoms with Gasteiger partial charge in [0.1, 0.15) is 0 Å². The normalized spacial score (nSPS) is 25.9. The molecule has 1 aliphatic heterocycles. The number of carbonyl (C=O) groups is 1. The highest BCUT2D eigenvalue weighted by molar-refractivity contribution is 5.85. The van der Waals surface area contributed by atoms with Crippen LogP contribution in [-0.4, -0.2) is 33.4 Å². The molecule has 5 nitrogen and oxygen atoms in total. The smallest absolute Gasteiger partial charge is 0.328 e. The number of rotatable bonds is 2. The van der Waals surface area contributed by atoms with Crippen molar-refractivity contribution >= 4 is 12.0 Å². The number of ether oxygens (including phenoxy) is 1. The highest BCUT2D eigenvalue weighted by atomic mass is 16.7. The van der Waals surface area contributed by atoms with Gasteiger partial charge in [0.25, 0.3) is 0 Å². The third-order valence-electron chi connectivity index (χ3n) is 2.46. The maximum absolute atomic E-state index is 10.1. The van der Waals surface area contributed by atoms with Crippen LogP contribution in [0.25, 0.3) is 6.08 Å². The molecule has 0 spiro atoms. The summed E-state index contributed by atoms with van der Waals surface area (Å²) in [6.45, 7) is 1.54. The van der Waals surface area contributed by atoms with Crippen LogP contribution < -0.4 is 0 Å². The Balaban J connectivity index is 0.000000200. The minimum Gasteiger partial charge on any atom is -0.478 e. The zero-order valence-corrected chi connectivity index (χ0v) is 10.7. The lowest BCUT2D eigenvalue weighted by Gasteiger charge is -2.14. The maximum atomic E-state index is 10.1. The molecule has 1 fully saturated rings. The molecule has 1 aromatic rings. The summed E-state index contributed by atoms with van der Waals surface area (Å²) in [6.07, 6.45) is 2.98. The molecule has 0 radical (unpaired) electrons. The van der Waals surface area contributed by atoms with E-state index >= 15 is 0 Å². The van der Waals surface area contributed by atoms with E-state index in [4.69, 9.17) is 15.3 Å². The van der Waals surface area contributed by atoms with E-state index in [0.29, 0.717) is 12.8 Å². The maximum Gasteiger partial charge on any atom is 0.328 e. The predicted molar refractivity (Wildman–Crippen MR) is 70.1 cm³/mol. The summed E-state index contributed by atoms with van der Waals surface area (Å²) >= 11 is 0. The first-order chi connectivity index (χ1) is 8.89. The van der Waals surface area contributed by atoms with Crippen LogP contribution in [0.3, 0.4) is 0 Å². The van der Waals surface area contributed by atoms with Crippen LogP contribution in [0.15, 0.2) is 36.4 Å². The minimum atomic E-state index is -1.08. The van der Waals surface area contributed by atoms with Gasteiger partial charge in [0.15, 0.2) is 12.1 Å². The first kappa shape index (κ1) is 15.4. The van der Waals surface area contributed by atoms with Crippen molar-refractivity contribution in [3.8, 4) is 0 Å². The first-order valence-electron chi connectivity index (χ1n) is 5.93. The number of aliphatic carboxylic acids is 1. The van der Waals surface area contributed by atoms with Crippen LogP contribution >= 0.6 is 0 Å². The van der Waals surface area contributed by atoms with Crippen molar-refractivity contribution in [3.63, 3.8) is 0 Å². The highest BCUT2D eigenvalue weighted by Crippen LogP contribution is 2.25. The van der Waals surface area contributed by atoms with E-state index in [-0.39, 0.29) is 0 Å². The van der Waals surface area contributed by atoms with Crippen LogP contribution in [0.1, 0.15) is 25.3 Å². The van der Waals surface area contributed by atoms with Gasteiger partial charge in [0.05, 0.1) is 0 Å². The summed E-state index contributed by atoms with van der Waals surface area (Å²) in [6, 6.07) is 9.31. The second kappa shape index (κ2) is 7.04. The Kier molecular flexibility index (Phi) is 5.69. The highest BCUT2D eigenvalue weighted by Gasteiger charge is 2.32. The van der Waals surface area contributed by atoms with Gasteiger partial charge >= 0.3 is 5.97 Å². The number of aliphatic hydroxyl groups is 2. The second-order valence-corrected chi connectivity index (χ2v) is 4.37. The quantitative estimate of drug-likeness (QED) is 0.708. The number of benzene rings is 1. The Morgan fingerprint density at radius 3 is 2.42 bits per heavy atom. The molecule has 2 atom stereocenters. The van der Waals surface area contributed by atoms with Crippen LogP contribution in [-0.2, 0) is 9.53 Å². The first-order valence-corrected chi connectivity index (χ1v) is 5.93. The van der Waals surface area contributed by atoms with Gasteiger partial charge in [-0.1, -0.05) is 30.3 Å². The minimum absolute atomic E-state index is 0.522. The Morgan fingerprint density at radius 1 is 1.42 bits per heavy atom. The average Bonchev–Trinajstić information content (AvgIpc) is 2.67. The van der Waals surface area contributed by atoms with Gasteiger partial charge in [-0.05, 0) is 18.6 Å². The number of carboxylic acid groups (broad SMARTS) is 1. The van der Waals surface area contributed by atoms with Gasteiger partial charge in [-0.2, -0.15) is 0 Å². The third kappa shape index (κ3) is 6.71. The lowest BCUT2D eigenvalue weighted by atomic mass is 10.2. The molecule has 0 aromatic heterocycles. The summed E-state index contributed by atoms with van der Waals surface area (Å²) in [4.78, 5) is 10.1. The Bertz CT molecular complexity index is 425. The van der Waals surface area contributed by atoms with Gasteiger partial charge in [0, 0.05) is 18.9 Å². The van der Waals surface area contributed by atoms with Crippen molar-refractivity contribution < 1.29 is 24.9 Å². The van der Waals surface area contributed by atoms with Crippen molar-refractivity contribution in [1.82, 2.24) is 0 Å². The zero-order valence-electron chi connectivity index (χ0n) is 10.7. The fraction of sp³-hybridized carbons (Fsp3) is 0.357. The molecule has 2 rings (SSSR count). The molecule has 1 aliphatic rings. The monoisotopic (exact) mass is 266 g/mol. The van der Waals surface area contributed by atoms with Crippen molar-refractivity contribution in [2.45, 2.75) is 31.8 Å². The van der Waals surface area contributed by atoms with E-state index in [0.717, 1.165) is 11.6 Å². The van der Waals surface area contributed by atoms with E-state index < -0.39 is 18.0 Å². The molecule has 1 saturated heterocycles. The van der Waals surface area contributed by atoms with Crippen molar-refractivity contribution in [2.24, 2.45) is 0 Å². The molecule has 3 N–H and O–H groups in total. The second-order valence-electron chi connectivity index (χ2n) is 4.37. The van der Waals surface area contributed by atoms with Crippen LogP contribution in [0.5, 0.6) is 0 Å². The van der Waals surface area contributed by atoms with E-state index in [9.17, 15) is 4.79 Å². The van der Waals surface area contributed by atoms with Crippen molar-refractivity contribution in [2.75, 3.05) is 0 Å². The molecular weight excluding hydrogens is 248 g/mol. The van der Waals surface area contributed by atoms with E-state index in [1.54, 1.807) is 13.0 Å². The summed E-state index contributed by atoms with van der Waals surface area (Å²) < 4.78 is 4.66. The lowest BCUT2D eigenvalue weighted by molar-refractivity contribution is -0.224. The predicted octanol–water partition coefficient (Wildman–Crippen LogP) is 1.61. The number of carboxylic acids is 1. The SMILES string of the molecule is CC1(O)CCC(O)O1.O=C(O)C=Cc1ccccc1. The summed E-state index contributed by atoms with van der Waals surface area (Å²) in [5.74, 6) is -2.01. The molecular formula is C14H18O5. The van der Waals surface area contributed by atoms with Crippen LogP contribution in [0.4, 0.5) is 0 Å². The van der Waals surface area contributed by atoms with Crippen LogP contribution in [0, 0.1) is 0 Å². The molecule has 0 saturated carbocycles. The Hall–Kier alpha value is -1.69. The molecule has 19 heavy (non-hydrogen) atoms.